The number of nitrogen functional groups attached to an aromatic ring is 2. The van der Waals surface area contributed by atoms with Gasteiger partial charge in [-0.2, -0.15) is 0 Å². The lowest BCUT2D eigenvalue weighted by Crippen LogP contribution is -2.39. The van der Waals surface area contributed by atoms with Crippen molar-refractivity contribution < 1.29 is 33.8 Å². The van der Waals surface area contributed by atoms with E-state index in [-0.39, 0.29) is 30.0 Å². The molecule has 0 fully saturated rings. The SMILES string of the molecule is CC(C)(C)OC(=O)N1CCc2sc(C(=O)O)cc2C1.Cc1cc(-c2ccnc(N)n2)ccc1CN.Cc1cc(-c2ccnc(N)n2)ccc1CNC(=O)c1cc2c(s1)CCN(C(=O)OC(C)(C)C)C2. The predicted octanol–water partition coefficient (Wildman–Crippen LogP) is 8.55. The maximum absolute atomic E-state index is 12.8. The number of ether oxygens (including phenoxy) is 2. The number of hydrogen-bond acceptors (Lipinski definition) is 15. The summed E-state index contributed by atoms with van der Waals surface area (Å²) in [6.45, 7) is 18.1. The molecule has 2 aromatic carbocycles. The molecule has 0 atom stereocenters. The van der Waals surface area contributed by atoms with Crippen LogP contribution in [-0.2, 0) is 48.5 Å². The highest BCUT2D eigenvalue weighted by Gasteiger charge is 2.29. The Bertz CT molecular complexity index is 2830. The number of thiophene rings is 2. The summed E-state index contributed by atoms with van der Waals surface area (Å²) in [6, 6.07) is 19.2. The minimum Gasteiger partial charge on any atom is -0.477 e. The molecule has 17 nitrogen and oxygen atoms in total. The first-order valence-electron chi connectivity index (χ1n) is 22.3. The molecule has 0 bridgehead atoms. The molecular formula is C50H60N10O7S2. The van der Waals surface area contributed by atoms with Gasteiger partial charge >= 0.3 is 18.2 Å². The van der Waals surface area contributed by atoms with Crippen molar-refractivity contribution in [3.05, 3.63) is 126 Å². The average Bonchev–Trinajstić information content (AvgIpc) is 3.93. The molecule has 0 saturated carbocycles. The molecule has 6 heterocycles. The van der Waals surface area contributed by atoms with Gasteiger partial charge in [0, 0.05) is 59.5 Å². The van der Waals surface area contributed by atoms with Crippen molar-refractivity contribution in [3.8, 4) is 22.5 Å². The zero-order valence-corrected chi connectivity index (χ0v) is 41.8. The number of carbonyl (C=O) groups excluding carboxylic acids is 3. The summed E-state index contributed by atoms with van der Waals surface area (Å²) in [7, 11) is 0. The van der Waals surface area contributed by atoms with Crippen molar-refractivity contribution in [1.29, 1.82) is 0 Å². The summed E-state index contributed by atoms with van der Waals surface area (Å²) in [5.74, 6) is -0.504. The van der Waals surface area contributed by atoms with Gasteiger partial charge in [-0.05, 0) is 138 Å². The van der Waals surface area contributed by atoms with Crippen LogP contribution in [0.25, 0.3) is 22.5 Å². The van der Waals surface area contributed by atoms with Gasteiger partial charge in [-0.15, -0.1) is 22.7 Å². The third kappa shape index (κ3) is 14.3. The van der Waals surface area contributed by atoms with Crippen LogP contribution in [0.1, 0.15) is 104 Å². The minimum atomic E-state index is -0.914. The number of nitrogens with two attached hydrogens (primary N) is 3. The number of anilines is 2. The van der Waals surface area contributed by atoms with E-state index < -0.39 is 17.2 Å². The van der Waals surface area contributed by atoms with Crippen LogP contribution < -0.4 is 22.5 Å². The van der Waals surface area contributed by atoms with E-state index in [2.05, 4.69) is 31.3 Å². The summed E-state index contributed by atoms with van der Waals surface area (Å²) in [4.78, 5) is 70.8. The van der Waals surface area contributed by atoms with Crippen molar-refractivity contribution in [2.75, 3.05) is 24.6 Å². The highest BCUT2D eigenvalue weighted by molar-refractivity contribution is 7.14. The van der Waals surface area contributed by atoms with Crippen LogP contribution in [0.5, 0.6) is 0 Å². The minimum absolute atomic E-state index is 0.115. The Labute approximate surface area is 410 Å². The summed E-state index contributed by atoms with van der Waals surface area (Å²) >= 11 is 2.79. The highest BCUT2D eigenvalue weighted by atomic mass is 32.1. The van der Waals surface area contributed by atoms with Crippen LogP contribution in [0.4, 0.5) is 21.5 Å². The normalized spacial score (nSPS) is 13.1. The van der Waals surface area contributed by atoms with Gasteiger partial charge in [-0.3, -0.25) is 4.79 Å². The number of nitrogens with one attached hydrogen (secondary N) is 1. The van der Waals surface area contributed by atoms with E-state index in [1.807, 2.05) is 104 Å². The van der Waals surface area contributed by atoms with Gasteiger partial charge in [0.25, 0.3) is 5.91 Å². The molecule has 8 rings (SSSR count). The van der Waals surface area contributed by atoms with E-state index in [0.29, 0.717) is 55.4 Å². The number of carboxylic acid groups (broad SMARTS) is 1. The van der Waals surface area contributed by atoms with Crippen molar-refractivity contribution in [3.63, 3.8) is 0 Å². The van der Waals surface area contributed by atoms with Crippen LogP contribution in [0.3, 0.4) is 0 Å². The molecule has 19 heteroatoms. The largest absolute Gasteiger partial charge is 0.477 e. The third-order valence-corrected chi connectivity index (χ3v) is 13.2. The molecule has 0 aliphatic carbocycles. The molecule has 364 valence electrons. The number of rotatable bonds is 7. The van der Waals surface area contributed by atoms with Crippen molar-refractivity contribution in [2.45, 2.75) is 106 Å². The van der Waals surface area contributed by atoms with Gasteiger partial charge in [-0.25, -0.2) is 34.3 Å². The third-order valence-electron chi connectivity index (χ3n) is 10.8. The lowest BCUT2D eigenvalue weighted by Gasteiger charge is -2.29. The molecule has 69 heavy (non-hydrogen) atoms. The molecule has 2 aliphatic rings. The van der Waals surface area contributed by atoms with Crippen LogP contribution in [0.15, 0.2) is 73.1 Å². The van der Waals surface area contributed by atoms with E-state index >= 15 is 0 Å². The zero-order chi connectivity index (χ0) is 50.2. The van der Waals surface area contributed by atoms with Crippen molar-refractivity contribution >= 4 is 58.6 Å². The Kier molecular flexibility index (Phi) is 16.4. The molecule has 0 spiro atoms. The van der Waals surface area contributed by atoms with Gasteiger partial charge in [0.05, 0.1) is 29.4 Å². The summed E-state index contributed by atoms with van der Waals surface area (Å²) in [6.07, 6.45) is 4.03. The topological polar surface area (TPSA) is 255 Å². The monoisotopic (exact) mass is 976 g/mol. The Balaban J connectivity index is 0.000000188. The first kappa shape index (κ1) is 51.4. The van der Waals surface area contributed by atoms with Gasteiger partial charge in [0.2, 0.25) is 11.9 Å². The average molecular weight is 977 g/mol. The Morgan fingerprint density at radius 1 is 0.681 bits per heavy atom. The second-order valence-corrected chi connectivity index (χ2v) is 20.8. The standard InChI is InChI=1S/C25H29N5O3S.C13H17NO4S.C12H14N4/c1-15-11-16(19-7-9-27-23(26)29-19)5-6-17(15)13-28-22(31)21-12-18-14-30(10-8-20(18)34-21)24(32)33-25(2,3)4;1-13(2,3)18-12(17)14-5-4-9-8(7-14)6-10(19-9)11(15)16;1-8-6-9(2-3-10(8)7-13)11-4-5-15-12(14)16-11/h5-7,9,11-12H,8,10,13-14H2,1-4H3,(H,28,31)(H2,26,27,29);6H,4-5,7H2,1-3H3,(H,15,16);2-6H,7,13H2,1H3,(H2,14,15,16). The summed E-state index contributed by atoms with van der Waals surface area (Å²) in [5.41, 5.74) is 25.7. The maximum atomic E-state index is 12.8. The molecular weight excluding hydrogens is 917 g/mol. The Morgan fingerprint density at radius 3 is 1.55 bits per heavy atom. The number of benzene rings is 2. The zero-order valence-electron chi connectivity index (χ0n) is 40.2. The quantitative estimate of drug-likeness (QED) is 0.100. The van der Waals surface area contributed by atoms with Gasteiger partial charge in [0.15, 0.2) is 0 Å². The molecule has 0 unspecified atom stereocenters. The number of aryl methyl sites for hydroxylation is 2. The predicted molar refractivity (Wildman–Crippen MR) is 269 cm³/mol. The van der Waals surface area contributed by atoms with Gasteiger partial charge < -0.3 is 46.9 Å². The lowest BCUT2D eigenvalue weighted by molar-refractivity contribution is 0.0215. The van der Waals surface area contributed by atoms with E-state index in [4.69, 9.17) is 31.8 Å². The summed E-state index contributed by atoms with van der Waals surface area (Å²) in [5, 5.41) is 12.0. The van der Waals surface area contributed by atoms with Gasteiger partial charge in [0.1, 0.15) is 16.1 Å². The first-order chi connectivity index (χ1) is 32.5. The van der Waals surface area contributed by atoms with E-state index in [9.17, 15) is 19.2 Å². The fourth-order valence-corrected chi connectivity index (χ4v) is 9.40. The van der Waals surface area contributed by atoms with Crippen LogP contribution in [0, 0.1) is 13.8 Å². The number of nitrogens with zero attached hydrogens (tertiary/aromatic N) is 6. The number of hydrogen-bond donors (Lipinski definition) is 5. The first-order valence-corrected chi connectivity index (χ1v) is 24.0. The van der Waals surface area contributed by atoms with E-state index in [0.717, 1.165) is 72.1 Å². The maximum Gasteiger partial charge on any atom is 0.410 e. The fraction of sp³-hybridized carbons (Fsp3) is 0.360. The van der Waals surface area contributed by atoms with Crippen LogP contribution >= 0.6 is 22.7 Å². The highest BCUT2D eigenvalue weighted by Crippen LogP contribution is 2.31. The number of aromatic carboxylic acids is 1. The Hall–Kier alpha value is -6.96. The van der Waals surface area contributed by atoms with Crippen molar-refractivity contribution in [2.24, 2.45) is 5.73 Å². The van der Waals surface area contributed by atoms with Gasteiger partial charge in [-0.1, -0.05) is 24.3 Å². The number of carbonyl (C=O) groups is 4. The molecule has 3 amide bonds. The van der Waals surface area contributed by atoms with Crippen LogP contribution in [0.2, 0.25) is 0 Å². The number of amides is 3. The number of aromatic nitrogens is 4. The van der Waals surface area contributed by atoms with Crippen molar-refractivity contribution in [1.82, 2.24) is 35.1 Å². The second kappa shape index (κ2) is 22.0. The summed E-state index contributed by atoms with van der Waals surface area (Å²) < 4.78 is 10.8. The van der Waals surface area contributed by atoms with Crippen LogP contribution in [-0.4, -0.2) is 83.2 Å². The number of fused-ring (bicyclic) bond motifs is 2. The fourth-order valence-electron chi connectivity index (χ4n) is 7.32. The van der Waals surface area contributed by atoms with E-state index in [1.54, 1.807) is 28.3 Å². The molecule has 4 aromatic heterocycles. The number of carboxylic acids is 1. The molecule has 0 radical (unpaired) electrons. The molecule has 8 N–H and O–H groups in total. The Morgan fingerprint density at radius 2 is 1.13 bits per heavy atom. The molecule has 6 aromatic rings. The van der Waals surface area contributed by atoms with E-state index in [1.165, 1.54) is 22.7 Å². The lowest BCUT2D eigenvalue weighted by atomic mass is 10.0. The second-order valence-electron chi connectivity index (χ2n) is 18.5. The molecule has 2 aliphatic heterocycles. The molecule has 0 saturated heterocycles. The smallest absolute Gasteiger partial charge is 0.410 e.